The summed E-state index contributed by atoms with van der Waals surface area (Å²) in [6.45, 7) is 5.14. The fourth-order valence-electron chi connectivity index (χ4n) is 3.41. The lowest BCUT2D eigenvalue weighted by Crippen LogP contribution is -2.32. The van der Waals surface area contributed by atoms with Crippen molar-refractivity contribution in [1.82, 2.24) is 25.2 Å². The third-order valence-electron chi connectivity index (χ3n) is 4.81. The molecule has 0 radical (unpaired) electrons. The van der Waals surface area contributed by atoms with Gasteiger partial charge in [-0.25, -0.2) is 15.0 Å². The van der Waals surface area contributed by atoms with Gasteiger partial charge in [-0.3, -0.25) is 4.79 Å². The summed E-state index contributed by atoms with van der Waals surface area (Å²) in [6.07, 6.45) is 2.89. The lowest BCUT2D eigenvalue weighted by Gasteiger charge is -2.12. The lowest BCUT2D eigenvalue weighted by atomic mass is 10.1. The highest BCUT2D eigenvalue weighted by Crippen LogP contribution is 2.26. The molecule has 3 aromatic rings. The van der Waals surface area contributed by atoms with Crippen LogP contribution in [0.2, 0.25) is 0 Å². The monoisotopic (exact) mass is 412 g/mol. The Labute approximate surface area is 173 Å². The van der Waals surface area contributed by atoms with E-state index in [0.717, 1.165) is 30.4 Å². The van der Waals surface area contributed by atoms with Crippen LogP contribution in [0.15, 0.2) is 34.2 Å². The zero-order valence-corrected chi connectivity index (χ0v) is 17.3. The van der Waals surface area contributed by atoms with Crippen molar-refractivity contribution in [2.75, 3.05) is 38.5 Å². The second-order valence-electron chi connectivity index (χ2n) is 7.31. The Balaban J connectivity index is 1.45. The average Bonchev–Trinajstić information content (AvgIpc) is 3.44. The number of hydrogen-bond acceptors (Lipinski definition) is 8. The van der Waals surface area contributed by atoms with Crippen LogP contribution in [-0.2, 0) is 4.79 Å². The SMILES string of the molecule is Cc1ccc(-c2nc(NC(=O)CNCC3CCN(C)C3)cc(-c3nccs3)n2)o1. The lowest BCUT2D eigenvalue weighted by molar-refractivity contribution is -0.115. The minimum Gasteiger partial charge on any atom is -0.458 e. The molecule has 1 atom stereocenters. The topological polar surface area (TPSA) is 96.2 Å². The van der Waals surface area contributed by atoms with Gasteiger partial charge in [-0.15, -0.1) is 11.3 Å². The van der Waals surface area contributed by atoms with Crippen LogP contribution in [0.1, 0.15) is 12.2 Å². The summed E-state index contributed by atoms with van der Waals surface area (Å²) in [5.74, 6) is 2.64. The van der Waals surface area contributed by atoms with Gasteiger partial charge in [-0.05, 0) is 51.5 Å². The first-order valence-corrected chi connectivity index (χ1v) is 10.5. The van der Waals surface area contributed by atoms with E-state index in [-0.39, 0.29) is 12.5 Å². The zero-order valence-electron chi connectivity index (χ0n) is 16.5. The minimum atomic E-state index is -0.137. The van der Waals surface area contributed by atoms with Crippen molar-refractivity contribution in [3.63, 3.8) is 0 Å². The molecule has 0 bridgehead atoms. The molecule has 0 aromatic carbocycles. The summed E-state index contributed by atoms with van der Waals surface area (Å²) >= 11 is 1.48. The third kappa shape index (κ3) is 5.06. The van der Waals surface area contributed by atoms with Crippen molar-refractivity contribution in [2.45, 2.75) is 13.3 Å². The Bertz CT molecular complexity index is 971. The molecule has 3 aromatic heterocycles. The second-order valence-corrected chi connectivity index (χ2v) is 8.20. The molecule has 0 saturated carbocycles. The smallest absolute Gasteiger partial charge is 0.239 e. The Morgan fingerprint density at radius 1 is 1.38 bits per heavy atom. The van der Waals surface area contributed by atoms with E-state index in [1.165, 1.54) is 17.8 Å². The Morgan fingerprint density at radius 3 is 2.97 bits per heavy atom. The molecule has 1 unspecified atom stereocenters. The van der Waals surface area contributed by atoms with Gasteiger partial charge in [0.2, 0.25) is 5.91 Å². The predicted octanol–water partition coefficient (Wildman–Crippen LogP) is 2.65. The molecule has 29 heavy (non-hydrogen) atoms. The number of nitrogens with zero attached hydrogens (tertiary/aromatic N) is 4. The first-order valence-electron chi connectivity index (χ1n) is 9.61. The van der Waals surface area contributed by atoms with Gasteiger partial charge in [0.25, 0.3) is 0 Å². The first-order chi connectivity index (χ1) is 14.1. The number of carbonyl (C=O) groups is 1. The van der Waals surface area contributed by atoms with Crippen LogP contribution in [0.5, 0.6) is 0 Å². The molecule has 9 heteroatoms. The van der Waals surface area contributed by atoms with Gasteiger partial charge in [0.15, 0.2) is 11.6 Å². The predicted molar refractivity (Wildman–Crippen MR) is 113 cm³/mol. The number of rotatable bonds is 7. The number of anilines is 1. The molecule has 4 rings (SSSR count). The molecule has 1 saturated heterocycles. The number of hydrogen-bond donors (Lipinski definition) is 2. The largest absolute Gasteiger partial charge is 0.458 e. The van der Waals surface area contributed by atoms with Crippen molar-refractivity contribution < 1.29 is 9.21 Å². The van der Waals surface area contributed by atoms with Crippen LogP contribution in [0.3, 0.4) is 0 Å². The van der Waals surface area contributed by atoms with Crippen molar-refractivity contribution in [2.24, 2.45) is 5.92 Å². The maximum Gasteiger partial charge on any atom is 0.239 e. The highest BCUT2D eigenvalue weighted by molar-refractivity contribution is 7.13. The average molecular weight is 413 g/mol. The summed E-state index contributed by atoms with van der Waals surface area (Å²) in [6, 6.07) is 5.42. The van der Waals surface area contributed by atoms with Gasteiger partial charge in [0.1, 0.15) is 22.3 Å². The number of aryl methyl sites for hydroxylation is 1. The minimum absolute atomic E-state index is 0.137. The Morgan fingerprint density at radius 2 is 2.28 bits per heavy atom. The van der Waals surface area contributed by atoms with E-state index < -0.39 is 0 Å². The van der Waals surface area contributed by atoms with E-state index in [0.29, 0.717) is 29.0 Å². The van der Waals surface area contributed by atoms with Gasteiger partial charge in [0.05, 0.1) is 6.54 Å². The van der Waals surface area contributed by atoms with Crippen molar-refractivity contribution >= 4 is 23.1 Å². The van der Waals surface area contributed by atoms with Crippen molar-refractivity contribution in [1.29, 1.82) is 0 Å². The summed E-state index contributed by atoms with van der Waals surface area (Å²) in [7, 11) is 2.12. The number of thiazole rings is 1. The van der Waals surface area contributed by atoms with Crippen LogP contribution in [0.4, 0.5) is 5.82 Å². The molecule has 1 aliphatic rings. The molecule has 1 amide bonds. The Kier molecular flexibility index (Phi) is 5.98. The Hall–Kier alpha value is -2.62. The van der Waals surface area contributed by atoms with E-state index >= 15 is 0 Å². The molecule has 2 N–H and O–H groups in total. The van der Waals surface area contributed by atoms with Gasteiger partial charge in [-0.1, -0.05) is 0 Å². The number of amides is 1. The molecule has 4 heterocycles. The summed E-state index contributed by atoms with van der Waals surface area (Å²) in [4.78, 5) is 28.1. The molecule has 1 aliphatic heterocycles. The highest BCUT2D eigenvalue weighted by Gasteiger charge is 2.19. The van der Waals surface area contributed by atoms with Crippen LogP contribution < -0.4 is 10.6 Å². The van der Waals surface area contributed by atoms with E-state index in [1.807, 2.05) is 24.4 Å². The normalized spacial score (nSPS) is 17.0. The molecular weight excluding hydrogens is 388 g/mol. The van der Waals surface area contributed by atoms with E-state index in [9.17, 15) is 4.79 Å². The van der Waals surface area contributed by atoms with E-state index in [4.69, 9.17) is 4.42 Å². The fourth-order valence-corrected chi connectivity index (χ4v) is 4.00. The molecule has 8 nitrogen and oxygen atoms in total. The second kappa shape index (κ2) is 8.81. The first kappa shape index (κ1) is 19.7. The quantitative estimate of drug-likeness (QED) is 0.616. The van der Waals surface area contributed by atoms with Crippen LogP contribution in [-0.4, -0.2) is 59.0 Å². The number of furan rings is 1. The fraction of sp³-hybridized carbons (Fsp3) is 0.400. The summed E-state index contributed by atoms with van der Waals surface area (Å²) in [5, 5.41) is 8.76. The maximum absolute atomic E-state index is 12.4. The van der Waals surface area contributed by atoms with Crippen LogP contribution in [0, 0.1) is 12.8 Å². The molecule has 0 aliphatic carbocycles. The number of likely N-dealkylation sites (tertiary alicyclic amines) is 1. The number of carbonyl (C=O) groups excluding carboxylic acids is 1. The molecule has 152 valence electrons. The van der Waals surface area contributed by atoms with E-state index in [2.05, 4.69) is 37.5 Å². The van der Waals surface area contributed by atoms with Crippen LogP contribution >= 0.6 is 11.3 Å². The van der Waals surface area contributed by atoms with Gasteiger partial charge in [0, 0.05) is 24.2 Å². The molecule has 0 spiro atoms. The summed E-state index contributed by atoms with van der Waals surface area (Å²) < 4.78 is 5.66. The maximum atomic E-state index is 12.4. The number of aromatic nitrogens is 3. The van der Waals surface area contributed by atoms with Crippen molar-refractivity contribution in [3.8, 4) is 22.3 Å². The third-order valence-corrected chi connectivity index (χ3v) is 5.61. The van der Waals surface area contributed by atoms with Crippen LogP contribution in [0.25, 0.3) is 22.3 Å². The molecular formula is C20H24N6O2S. The van der Waals surface area contributed by atoms with Gasteiger partial charge >= 0.3 is 0 Å². The van der Waals surface area contributed by atoms with E-state index in [1.54, 1.807) is 12.3 Å². The van der Waals surface area contributed by atoms with Gasteiger partial charge < -0.3 is 20.0 Å². The van der Waals surface area contributed by atoms with Crippen molar-refractivity contribution in [3.05, 3.63) is 35.5 Å². The summed E-state index contributed by atoms with van der Waals surface area (Å²) in [5.41, 5.74) is 0.649. The number of nitrogens with one attached hydrogen (secondary N) is 2. The zero-order chi connectivity index (χ0) is 20.2. The highest BCUT2D eigenvalue weighted by atomic mass is 32.1. The molecule has 1 fully saturated rings. The van der Waals surface area contributed by atoms with Gasteiger partial charge in [-0.2, -0.15) is 0 Å². The standard InChI is InChI=1S/C20H24N6O2S/c1-13-3-4-16(28-13)19-23-15(20-22-6-8-29-20)9-17(25-19)24-18(27)11-21-10-14-5-7-26(2)12-14/h3-4,6,8-9,14,21H,5,7,10-12H2,1-2H3,(H,23,24,25,27).